The van der Waals surface area contributed by atoms with Gasteiger partial charge in [-0.2, -0.15) is 0 Å². The second-order valence-electron chi connectivity index (χ2n) is 6.71. The zero-order chi connectivity index (χ0) is 22.1. The number of aliphatic imine (C=N–C) groups is 2. The first-order chi connectivity index (χ1) is 14.9. The number of halogens is 4. The molecule has 4 aromatic rings. The van der Waals surface area contributed by atoms with Crippen molar-refractivity contribution in [3.05, 3.63) is 96.1 Å². The average molecular weight is 526 g/mol. The Kier molecular flexibility index (Phi) is 9.40. The van der Waals surface area contributed by atoms with E-state index in [0.717, 1.165) is 11.1 Å². The van der Waals surface area contributed by atoms with Gasteiger partial charge in [-0.05, 0) is 44.8 Å². The fourth-order valence-corrected chi connectivity index (χ4v) is 3.03. The number of rotatable bonds is 5. The Balaban J connectivity index is 0.000000491. The summed E-state index contributed by atoms with van der Waals surface area (Å²) in [6, 6.07) is 29.5. The molecule has 0 aliphatic carbocycles. The normalized spacial score (nSPS) is 11.9. The second-order valence-corrected chi connectivity index (χ2v) is 22.2. The van der Waals surface area contributed by atoms with Crippen LogP contribution in [-0.2, 0) is 12.3 Å². The van der Waals surface area contributed by atoms with E-state index in [1.165, 1.54) is 21.5 Å². The van der Waals surface area contributed by atoms with Gasteiger partial charge < -0.3 is 0 Å². The summed E-state index contributed by atoms with van der Waals surface area (Å²) in [6.45, 7) is 1.38. The molecule has 0 amide bonds. The minimum absolute atomic E-state index is 0.691. The van der Waals surface area contributed by atoms with Gasteiger partial charge in [-0.25, -0.2) is 0 Å². The molecule has 0 saturated heterocycles. The Labute approximate surface area is 201 Å². The van der Waals surface area contributed by atoms with Crippen molar-refractivity contribution in [1.82, 2.24) is 0 Å². The van der Waals surface area contributed by atoms with E-state index in [1.807, 2.05) is 12.4 Å². The molecule has 0 aliphatic rings. The van der Waals surface area contributed by atoms with Gasteiger partial charge >= 0.3 is 49.6 Å². The molecule has 0 aromatic heterocycles. The molecule has 0 aliphatic heterocycles. The molecule has 0 bridgehead atoms. The molecular formula is C24H20Cl4N2Ti. The zero-order valence-corrected chi connectivity index (χ0v) is 21.1. The van der Waals surface area contributed by atoms with E-state index in [1.54, 1.807) is 0 Å². The molecule has 0 saturated carbocycles. The van der Waals surface area contributed by atoms with E-state index in [2.05, 4.69) is 94.9 Å². The first-order valence-electron chi connectivity index (χ1n) is 9.61. The molecular weight excluding hydrogens is 506 g/mol. The predicted octanol–water partition coefficient (Wildman–Crippen LogP) is 8.29. The molecule has 0 atom stereocenters. The first-order valence-corrected chi connectivity index (χ1v) is 18.2. The molecule has 0 spiro atoms. The SMILES string of the molecule is C(=NCCN=Cc1ccc2ccccc2c1)c1ccc2ccccc2c1.[Cl][Ti]([Cl])([Cl])[Cl]. The summed E-state index contributed by atoms with van der Waals surface area (Å²) in [7, 11) is 20.1. The van der Waals surface area contributed by atoms with Crippen molar-refractivity contribution < 1.29 is 12.3 Å². The van der Waals surface area contributed by atoms with Crippen LogP contribution in [-0.4, -0.2) is 25.5 Å². The Morgan fingerprint density at radius 2 is 0.903 bits per heavy atom. The summed E-state index contributed by atoms with van der Waals surface area (Å²) in [5.41, 5.74) is 2.25. The van der Waals surface area contributed by atoms with E-state index in [0.29, 0.717) is 13.1 Å². The Morgan fingerprint density at radius 1 is 0.548 bits per heavy atom. The Hall–Kier alpha value is -1.39. The Bertz CT molecular complexity index is 1110. The van der Waals surface area contributed by atoms with E-state index in [-0.39, 0.29) is 0 Å². The summed E-state index contributed by atoms with van der Waals surface area (Å²) in [5, 5.41) is 4.99. The number of benzene rings is 4. The third-order valence-corrected chi connectivity index (χ3v) is 4.39. The quantitative estimate of drug-likeness (QED) is 0.142. The summed E-state index contributed by atoms with van der Waals surface area (Å²) in [4.78, 5) is 8.98. The third-order valence-electron chi connectivity index (χ3n) is 4.39. The molecule has 0 heterocycles. The molecule has 0 fully saturated rings. The van der Waals surface area contributed by atoms with Gasteiger partial charge in [0.1, 0.15) is 0 Å². The number of fused-ring (bicyclic) bond motifs is 2. The van der Waals surface area contributed by atoms with Crippen LogP contribution in [0.3, 0.4) is 0 Å². The van der Waals surface area contributed by atoms with Crippen molar-refractivity contribution in [2.24, 2.45) is 9.98 Å². The van der Waals surface area contributed by atoms with Crippen LogP contribution < -0.4 is 0 Å². The number of hydrogen-bond donors (Lipinski definition) is 0. The number of hydrogen-bond acceptors (Lipinski definition) is 2. The van der Waals surface area contributed by atoms with Gasteiger partial charge in [-0.1, -0.05) is 72.8 Å². The molecule has 0 N–H and O–H groups in total. The van der Waals surface area contributed by atoms with Gasteiger partial charge in [-0.15, -0.1) is 0 Å². The maximum absolute atomic E-state index is 5.01. The topological polar surface area (TPSA) is 24.7 Å². The van der Waals surface area contributed by atoms with Crippen LogP contribution in [0.1, 0.15) is 11.1 Å². The van der Waals surface area contributed by atoms with Crippen LogP contribution in [0.2, 0.25) is 0 Å². The molecule has 0 radical (unpaired) electrons. The van der Waals surface area contributed by atoms with E-state index < -0.39 is 12.3 Å². The van der Waals surface area contributed by atoms with Crippen molar-refractivity contribution in [1.29, 1.82) is 0 Å². The molecule has 158 valence electrons. The molecule has 31 heavy (non-hydrogen) atoms. The third kappa shape index (κ3) is 8.94. The fraction of sp³-hybridized carbons (Fsp3) is 0.0833. The van der Waals surface area contributed by atoms with Gasteiger partial charge in [0.2, 0.25) is 0 Å². The standard InChI is InChI=1S/C24H20N2.4ClH.Ti/c1-3-7-23-15-19(9-11-21(23)5-1)17-25-13-14-26-18-20-10-12-22-6-2-4-8-24(22)16-20;;;;;/h1-12,15-18H,13-14H2;4*1H;/q;;;;;+4/p-4. The predicted molar refractivity (Wildman–Crippen MR) is 136 cm³/mol. The molecule has 7 heteroatoms. The van der Waals surface area contributed by atoms with Gasteiger partial charge in [-0.3, -0.25) is 9.98 Å². The summed E-state index contributed by atoms with van der Waals surface area (Å²) in [6.07, 6.45) is 3.86. The average Bonchev–Trinajstić information content (AvgIpc) is 2.75. The fourth-order valence-electron chi connectivity index (χ4n) is 3.03. The van der Waals surface area contributed by atoms with Gasteiger partial charge in [0.25, 0.3) is 0 Å². The zero-order valence-electron chi connectivity index (χ0n) is 16.6. The minimum atomic E-state index is -3.11. The molecule has 4 aromatic carbocycles. The van der Waals surface area contributed by atoms with Gasteiger partial charge in [0.15, 0.2) is 0 Å². The van der Waals surface area contributed by atoms with Crippen molar-refractivity contribution in [3.8, 4) is 0 Å². The summed E-state index contributed by atoms with van der Waals surface area (Å²) < 4.78 is 0. The van der Waals surface area contributed by atoms with Gasteiger partial charge in [0, 0.05) is 12.4 Å². The van der Waals surface area contributed by atoms with Crippen molar-refractivity contribution >= 4 is 71.2 Å². The monoisotopic (exact) mass is 524 g/mol. The maximum atomic E-state index is 5.01. The van der Waals surface area contributed by atoms with Crippen LogP contribution in [0.4, 0.5) is 0 Å². The van der Waals surface area contributed by atoms with E-state index in [4.69, 9.17) is 37.2 Å². The van der Waals surface area contributed by atoms with Crippen LogP contribution in [0, 0.1) is 0 Å². The molecule has 0 unspecified atom stereocenters. The van der Waals surface area contributed by atoms with Crippen molar-refractivity contribution in [3.63, 3.8) is 0 Å². The van der Waals surface area contributed by atoms with Crippen molar-refractivity contribution in [2.75, 3.05) is 13.1 Å². The van der Waals surface area contributed by atoms with E-state index in [9.17, 15) is 0 Å². The van der Waals surface area contributed by atoms with Crippen LogP contribution in [0.5, 0.6) is 0 Å². The number of nitrogens with zero attached hydrogens (tertiary/aromatic N) is 2. The van der Waals surface area contributed by atoms with E-state index >= 15 is 0 Å². The van der Waals surface area contributed by atoms with Crippen LogP contribution >= 0.6 is 37.2 Å². The second kappa shape index (κ2) is 12.0. The Morgan fingerprint density at radius 3 is 1.29 bits per heavy atom. The summed E-state index contributed by atoms with van der Waals surface area (Å²) in [5.74, 6) is 0. The molecule has 4 rings (SSSR count). The first kappa shape index (κ1) is 24.3. The van der Waals surface area contributed by atoms with Gasteiger partial charge in [0.05, 0.1) is 13.1 Å². The van der Waals surface area contributed by atoms with Crippen LogP contribution in [0.15, 0.2) is 94.9 Å². The molecule has 2 nitrogen and oxygen atoms in total. The van der Waals surface area contributed by atoms with Crippen LogP contribution in [0.25, 0.3) is 21.5 Å². The summed E-state index contributed by atoms with van der Waals surface area (Å²) >= 11 is -3.11. The van der Waals surface area contributed by atoms with Crippen molar-refractivity contribution in [2.45, 2.75) is 0 Å².